The molecule has 0 unspecified atom stereocenters. The van der Waals surface area contributed by atoms with Crippen LogP contribution < -0.4 is 0 Å². The molecular formula is C11H13BrO2. The highest BCUT2D eigenvalue weighted by atomic mass is 79.9. The number of benzene rings is 1. The maximum atomic E-state index is 11.5. The highest BCUT2D eigenvalue weighted by molar-refractivity contribution is 9.10. The van der Waals surface area contributed by atoms with Gasteiger partial charge in [0.2, 0.25) is 0 Å². The maximum absolute atomic E-state index is 11.5. The molecule has 14 heavy (non-hydrogen) atoms. The van der Waals surface area contributed by atoms with Crippen LogP contribution in [0.3, 0.4) is 0 Å². The standard InChI is InChI=1S/C11H13BrO2/c1-3-14-11(13)8(2)9-6-4-5-7-10(9)12/h4-8H,3H2,1-2H3/t8-/m0/s1. The molecule has 3 heteroatoms. The Morgan fingerprint density at radius 1 is 1.50 bits per heavy atom. The second-order valence-corrected chi connectivity index (χ2v) is 3.85. The van der Waals surface area contributed by atoms with Crippen LogP contribution in [0.25, 0.3) is 0 Å². The minimum absolute atomic E-state index is 0.181. The fourth-order valence-electron chi connectivity index (χ4n) is 1.22. The Morgan fingerprint density at radius 2 is 2.14 bits per heavy atom. The summed E-state index contributed by atoms with van der Waals surface area (Å²) in [5.74, 6) is -0.398. The van der Waals surface area contributed by atoms with Gasteiger partial charge in [-0.1, -0.05) is 34.1 Å². The molecule has 1 aromatic rings. The van der Waals surface area contributed by atoms with Crippen molar-refractivity contribution in [3.8, 4) is 0 Å². The Kier molecular flexibility index (Phi) is 4.14. The lowest BCUT2D eigenvalue weighted by Crippen LogP contribution is -2.13. The van der Waals surface area contributed by atoms with E-state index in [4.69, 9.17) is 4.74 Å². The lowest BCUT2D eigenvalue weighted by atomic mass is 10.0. The fraction of sp³-hybridized carbons (Fsp3) is 0.364. The normalized spacial score (nSPS) is 12.2. The number of hydrogen-bond donors (Lipinski definition) is 0. The average molecular weight is 257 g/mol. The summed E-state index contributed by atoms with van der Waals surface area (Å²) < 4.78 is 5.90. The van der Waals surface area contributed by atoms with Crippen LogP contribution in [0.2, 0.25) is 0 Å². The van der Waals surface area contributed by atoms with E-state index in [9.17, 15) is 4.79 Å². The summed E-state index contributed by atoms with van der Waals surface area (Å²) in [7, 11) is 0. The van der Waals surface area contributed by atoms with Crippen molar-refractivity contribution in [2.24, 2.45) is 0 Å². The van der Waals surface area contributed by atoms with Crippen molar-refractivity contribution >= 4 is 21.9 Å². The van der Waals surface area contributed by atoms with Crippen LogP contribution in [-0.4, -0.2) is 12.6 Å². The van der Waals surface area contributed by atoms with E-state index < -0.39 is 0 Å². The van der Waals surface area contributed by atoms with E-state index in [-0.39, 0.29) is 11.9 Å². The lowest BCUT2D eigenvalue weighted by Gasteiger charge is -2.11. The Hall–Kier alpha value is -0.830. The third-order valence-corrected chi connectivity index (χ3v) is 2.73. The van der Waals surface area contributed by atoms with Crippen LogP contribution in [0.1, 0.15) is 25.3 Å². The number of carbonyl (C=O) groups is 1. The molecule has 0 bridgehead atoms. The monoisotopic (exact) mass is 256 g/mol. The first-order chi connectivity index (χ1) is 6.66. The summed E-state index contributed by atoms with van der Waals surface area (Å²) in [4.78, 5) is 11.5. The van der Waals surface area contributed by atoms with Crippen LogP contribution in [0.15, 0.2) is 28.7 Å². The predicted molar refractivity (Wildman–Crippen MR) is 59.2 cm³/mol. The summed E-state index contributed by atoms with van der Waals surface area (Å²) in [6.07, 6.45) is 0. The highest BCUT2D eigenvalue weighted by Gasteiger charge is 2.17. The molecule has 0 saturated heterocycles. The Morgan fingerprint density at radius 3 is 2.71 bits per heavy atom. The topological polar surface area (TPSA) is 26.3 Å². The molecule has 0 spiro atoms. The zero-order valence-corrected chi connectivity index (χ0v) is 9.87. The van der Waals surface area contributed by atoms with Gasteiger partial charge in [-0.05, 0) is 25.5 Å². The zero-order chi connectivity index (χ0) is 10.6. The van der Waals surface area contributed by atoms with Gasteiger partial charge in [0, 0.05) is 4.47 Å². The fourth-order valence-corrected chi connectivity index (χ4v) is 1.85. The van der Waals surface area contributed by atoms with Crippen LogP contribution >= 0.6 is 15.9 Å². The van der Waals surface area contributed by atoms with Gasteiger partial charge in [-0.2, -0.15) is 0 Å². The van der Waals surface area contributed by atoms with Crippen molar-refractivity contribution in [2.75, 3.05) is 6.61 Å². The molecule has 76 valence electrons. The molecule has 0 saturated carbocycles. The molecule has 1 aromatic carbocycles. The largest absolute Gasteiger partial charge is 0.466 e. The van der Waals surface area contributed by atoms with E-state index in [0.29, 0.717) is 6.61 Å². The van der Waals surface area contributed by atoms with Crippen molar-refractivity contribution in [3.63, 3.8) is 0 Å². The van der Waals surface area contributed by atoms with E-state index in [1.165, 1.54) is 0 Å². The lowest BCUT2D eigenvalue weighted by molar-refractivity contribution is -0.144. The van der Waals surface area contributed by atoms with Gasteiger partial charge in [-0.3, -0.25) is 4.79 Å². The molecule has 0 aliphatic heterocycles. The van der Waals surface area contributed by atoms with Gasteiger partial charge in [0.15, 0.2) is 0 Å². The number of halogens is 1. The average Bonchev–Trinajstić information content (AvgIpc) is 2.18. The van der Waals surface area contributed by atoms with Crippen LogP contribution in [0, 0.1) is 0 Å². The molecule has 0 heterocycles. The van der Waals surface area contributed by atoms with Gasteiger partial charge in [0.05, 0.1) is 12.5 Å². The minimum Gasteiger partial charge on any atom is -0.466 e. The second kappa shape index (κ2) is 5.15. The number of ether oxygens (including phenoxy) is 1. The van der Waals surface area contributed by atoms with Crippen molar-refractivity contribution in [3.05, 3.63) is 34.3 Å². The molecule has 0 radical (unpaired) electrons. The molecule has 0 aromatic heterocycles. The highest BCUT2D eigenvalue weighted by Crippen LogP contribution is 2.25. The van der Waals surface area contributed by atoms with Gasteiger partial charge in [-0.15, -0.1) is 0 Å². The van der Waals surface area contributed by atoms with Crippen LogP contribution in [-0.2, 0) is 9.53 Å². The minimum atomic E-state index is -0.217. The van der Waals surface area contributed by atoms with Crippen molar-refractivity contribution < 1.29 is 9.53 Å². The van der Waals surface area contributed by atoms with Crippen molar-refractivity contribution in [1.82, 2.24) is 0 Å². The number of carbonyl (C=O) groups excluding carboxylic acids is 1. The summed E-state index contributed by atoms with van der Waals surface area (Å²) in [5.41, 5.74) is 0.964. The third-order valence-electron chi connectivity index (χ3n) is 2.01. The summed E-state index contributed by atoms with van der Waals surface area (Å²) in [6, 6.07) is 7.68. The Balaban J connectivity index is 2.84. The van der Waals surface area contributed by atoms with Gasteiger partial charge < -0.3 is 4.74 Å². The molecule has 1 atom stereocenters. The molecule has 0 amide bonds. The number of rotatable bonds is 3. The zero-order valence-electron chi connectivity index (χ0n) is 8.29. The Bertz CT molecular complexity index is 323. The number of hydrogen-bond acceptors (Lipinski definition) is 2. The molecule has 0 N–H and O–H groups in total. The molecule has 2 nitrogen and oxygen atoms in total. The maximum Gasteiger partial charge on any atom is 0.313 e. The first-order valence-corrected chi connectivity index (χ1v) is 5.37. The Labute approximate surface area is 92.4 Å². The van der Waals surface area contributed by atoms with Crippen molar-refractivity contribution in [1.29, 1.82) is 0 Å². The van der Waals surface area contributed by atoms with Gasteiger partial charge in [0.25, 0.3) is 0 Å². The van der Waals surface area contributed by atoms with Gasteiger partial charge in [-0.25, -0.2) is 0 Å². The molecule has 0 aliphatic rings. The summed E-state index contributed by atoms with van der Waals surface area (Å²) in [6.45, 7) is 4.08. The second-order valence-electron chi connectivity index (χ2n) is 3.00. The van der Waals surface area contributed by atoms with Crippen LogP contribution in [0.5, 0.6) is 0 Å². The SMILES string of the molecule is CCOC(=O)[C@@H](C)c1ccccc1Br. The van der Waals surface area contributed by atoms with E-state index in [0.717, 1.165) is 10.0 Å². The first-order valence-electron chi connectivity index (χ1n) is 4.58. The van der Waals surface area contributed by atoms with Crippen LogP contribution in [0.4, 0.5) is 0 Å². The number of esters is 1. The van der Waals surface area contributed by atoms with Gasteiger partial charge in [0.1, 0.15) is 0 Å². The molecule has 0 fully saturated rings. The quantitative estimate of drug-likeness (QED) is 0.777. The summed E-state index contributed by atoms with van der Waals surface area (Å²) >= 11 is 3.41. The molecule has 0 aliphatic carbocycles. The molecule has 1 rings (SSSR count). The first kappa shape index (κ1) is 11.2. The van der Waals surface area contributed by atoms with E-state index >= 15 is 0 Å². The third kappa shape index (κ3) is 2.58. The van der Waals surface area contributed by atoms with E-state index in [1.54, 1.807) is 0 Å². The van der Waals surface area contributed by atoms with Crippen molar-refractivity contribution in [2.45, 2.75) is 19.8 Å². The van der Waals surface area contributed by atoms with E-state index in [1.807, 2.05) is 38.1 Å². The summed E-state index contributed by atoms with van der Waals surface area (Å²) in [5, 5.41) is 0. The smallest absolute Gasteiger partial charge is 0.313 e. The van der Waals surface area contributed by atoms with Gasteiger partial charge >= 0.3 is 5.97 Å². The van der Waals surface area contributed by atoms with E-state index in [2.05, 4.69) is 15.9 Å². The predicted octanol–water partition coefficient (Wildman–Crippen LogP) is 3.12. The molecular weight excluding hydrogens is 244 g/mol.